The zero-order valence-electron chi connectivity index (χ0n) is 11.2. The Balaban J connectivity index is 0.00000121. The number of hydrogen-bond donors (Lipinski definition) is 2. The van der Waals surface area contributed by atoms with Crippen molar-refractivity contribution in [2.45, 2.75) is 37.3 Å². The number of ether oxygens (including phenoxy) is 2. The summed E-state index contributed by atoms with van der Waals surface area (Å²) in [5, 5.41) is 13.9. The standard InChI is InChI=1S/C15H19NO3.ClH/c17-12-3-1-2-11-15(12)10(7-16-11)9-4-5-13-14(6-9)19-8-18-13;/h4-6,10-12,15-17H,1-3,7-8H2;1H/t10-,11-,12+,15-;/m0./s1. The Hall–Kier alpha value is -0.970. The predicted octanol–water partition coefficient (Wildman–Crippen LogP) is 2.05. The molecule has 0 spiro atoms. The second kappa shape index (κ2) is 5.43. The number of hydrogen-bond acceptors (Lipinski definition) is 4. The number of halogens is 1. The third kappa shape index (κ3) is 2.16. The molecule has 5 heteroatoms. The van der Waals surface area contributed by atoms with Gasteiger partial charge in [-0.2, -0.15) is 0 Å². The number of aliphatic hydroxyl groups is 1. The van der Waals surface area contributed by atoms with Gasteiger partial charge in [0.2, 0.25) is 6.79 Å². The van der Waals surface area contributed by atoms with Gasteiger partial charge in [-0.1, -0.05) is 6.07 Å². The quantitative estimate of drug-likeness (QED) is 0.833. The van der Waals surface area contributed by atoms with Gasteiger partial charge < -0.3 is 19.9 Å². The van der Waals surface area contributed by atoms with Crippen LogP contribution in [0.1, 0.15) is 30.7 Å². The summed E-state index contributed by atoms with van der Waals surface area (Å²) in [6.45, 7) is 1.27. The number of benzene rings is 1. The molecule has 0 radical (unpaired) electrons. The van der Waals surface area contributed by atoms with E-state index in [9.17, 15) is 5.11 Å². The molecule has 0 amide bonds. The molecule has 2 N–H and O–H groups in total. The molecule has 0 unspecified atom stereocenters. The van der Waals surface area contributed by atoms with Gasteiger partial charge in [0.05, 0.1) is 6.10 Å². The fourth-order valence-corrected chi connectivity index (χ4v) is 3.88. The third-order valence-corrected chi connectivity index (χ3v) is 4.81. The minimum atomic E-state index is -0.177. The van der Waals surface area contributed by atoms with Crippen LogP contribution in [0.15, 0.2) is 18.2 Å². The van der Waals surface area contributed by atoms with Gasteiger partial charge in [-0.25, -0.2) is 0 Å². The molecule has 0 aromatic heterocycles. The molecule has 4 rings (SSSR count). The largest absolute Gasteiger partial charge is 0.454 e. The van der Waals surface area contributed by atoms with Crippen molar-refractivity contribution in [3.63, 3.8) is 0 Å². The summed E-state index contributed by atoms with van der Waals surface area (Å²) in [5.41, 5.74) is 1.25. The van der Waals surface area contributed by atoms with E-state index in [1.54, 1.807) is 0 Å². The average Bonchev–Trinajstić information content (AvgIpc) is 3.04. The van der Waals surface area contributed by atoms with Crippen LogP contribution in [0.3, 0.4) is 0 Å². The summed E-state index contributed by atoms with van der Waals surface area (Å²) in [6.07, 6.45) is 3.07. The van der Waals surface area contributed by atoms with Crippen LogP contribution in [0.5, 0.6) is 11.5 Å². The summed E-state index contributed by atoms with van der Waals surface area (Å²) in [4.78, 5) is 0. The van der Waals surface area contributed by atoms with E-state index in [-0.39, 0.29) is 18.5 Å². The van der Waals surface area contributed by atoms with Crippen molar-refractivity contribution in [3.05, 3.63) is 23.8 Å². The van der Waals surface area contributed by atoms with E-state index in [4.69, 9.17) is 9.47 Å². The van der Waals surface area contributed by atoms with E-state index < -0.39 is 0 Å². The van der Waals surface area contributed by atoms with E-state index in [2.05, 4.69) is 17.4 Å². The topological polar surface area (TPSA) is 50.7 Å². The lowest BCUT2D eigenvalue weighted by Crippen LogP contribution is -2.39. The molecule has 0 bridgehead atoms. The van der Waals surface area contributed by atoms with Crippen LogP contribution in [0, 0.1) is 5.92 Å². The molecule has 4 nitrogen and oxygen atoms in total. The zero-order valence-corrected chi connectivity index (χ0v) is 12.1. The fraction of sp³-hybridized carbons (Fsp3) is 0.600. The predicted molar refractivity (Wildman–Crippen MR) is 77.7 cm³/mol. The second-order valence-corrected chi connectivity index (χ2v) is 5.81. The van der Waals surface area contributed by atoms with Gasteiger partial charge in [0, 0.05) is 24.4 Å². The minimum Gasteiger partial charge on any atom is -0.454 e. The van der Waals surface area contributed by atoms with Crippen LogP contribution in [0.4, 0.5) is 0 Å². The van der Waals surface area contributed by atoms with E-state index >= 15 is 0 Å². The molecule has 2 aliphatic heterocycles. The normalized spacial score (nSPS) is 34.5. The highest BCUT2D eigenvalue weighted by Gasteiger charge is 2.43. The van der Waals surface area contributed by atoms with Crippen molar-refractivity contribution in [3.8, 4) is 11.5 Å². The Labute approximate surface area is 124 Å². The maximum Gasteiger partial charge on any atom is 0.231 e. The van der Waals surface area contributed by atoms with Crippen molar-refractivity contribution in [1.29, 1.82) is 0 Å². The first-order chi connectivity index (χ1) is 9.33. The van der Waals surface area contributed by atoms with Gasteiger partial charge in [-0.05, 0) is 37.0 Å². The third-order valence-electron chi connectivity index (χ3n) is 4.81. The molecule has 110 valence electrons. The first-order valence-corrected chi connectivity index (χ1v) is 7.14. The lowest BCUT2D eigenvalue weighted by atomic mass is 9.75. The highest BCUT2D eigenvalue weighted by atomic mass is 35.5. The van der Waals surface area contributed by atoms with Gasteiger partial charge in [-0.15, -0.1) is 12.4 Å². The maximum absolute atomic E-state index is 10.3. The highest BCUT2D eigenvalue weighted by molar-refractivity contribution is 5.85. The molecule has 2 fully saturated rings. The van der Waals surface area contributed by atoms with Crippen LogP contribution in [-0.4, -0.2) is 30.6 Å². The SMILES string of the molecule is Cl.O[C@@H]1CCC[C@@H]2NC[C@@H](c3ccc4c(c3)OCO4)[C@H]12. The minimum absolute atomic E-state index is 0. The fourth-order valence-electron chi connectivity index (χ4n) is 3.88. The first-order valence-electron chi connectivity index (χ1n) is 7.14. The van der Waals surface area contributed by atoms with Crippen LogP contribution in [0.2, 0.25) is 0 Å². The molecule has 1 aromatic carbocycles. The molecule has 3 aliphatic rings. The molecule has 1 saturated heterocycles. The zero-order chi connectivity index (χ0) is 12.8. The summed E-state index contributed by atoms with van der Waals surface area (Å²) in [7, 11) is 0. The van der Waals surface area contributed by atoms with Gasteiger partial charge >= 0.3 is 0 Å². The van der Waals surface area contributed by atoms with E-state index in [1.807, 2.05) is 6.07 Å². The van der Waals surface area contributed by atoms with Crippen molar-refractivity contribution in [1.82, 2.24) is 5.32 Å². The first kappa shape index (κ1) is 14.0. The molecular formula is C15H20ClNO3. The molecule has 4 atom stereocenters. The number of fused-ring (bicyclic) bond motifs is 2. The van der Waals surface area contributed by atoms with Crippen molar-refractivity contribution in [2.75, 3.05) is 13.3 Å². The second-order valence-electron chi connectivity index (χ2n) is 5.81. The van der Waals surface area contributed by atoms with Crippen molar-refractivity contribution >= 4 is 12.4 Å². The van der Waals surface area contributed by atoms with Crippen molar-refractivity contribution in [2.24, 2.45) is 5.92 Å². The number of rotatable bonds is 1. The smallest absolute Gasteiger partial charge is 0.231 e. The summed E-state index contributed by atoms with van der Waals surface area (Å²) >= 11 is 0. The number of aliphatic hydroxyl groups excluding tert-OH is 1. The highest BCUT2D eigenvalue weighted by Crippen LogP contribution is 2.43. The number of nitrogens with one attached hydrogen (secondary N) is 1. The lowest BCUT2D eigenvalue weighted by molar-refractivity contribution is 0.0575. The van der Waals surface area contributed by atoms with Crippen molar-refractivity contribution < 1.29 is 14.6 Å². The average molecular weight is 298 g/mol. The maximum atomic E-state index is 10.3. The summed E-state index contributed by atoms with van der Waals surface area (Å²) in [6, 6.07) is 6.65. The molecule has 1 aliphatic carbocycles. The Bertz CT molecular complexity index is 496. The monoisotopic (exact) mass is 297 g/mol. The summed E-state index contributed by atoms with van der Waals surface area (Å²) in [5.74, 6) is 2.39. The van der Waals surface area contributed by atoms with Crippen LogP contribution in [0.25, 0.3) is 0 Å². The molecular weight excluding hydrogens is 278 g/mol. The molecule has 1 saturated carbocycles. The molecule has 2 heterocycles. The summed E-state index contributed by atoms with van der Waals surface area (Å²) < 4.78 is 10.8. The van der Waals surface area contributed by atoms with Gasteiger partial charge in [-0.3, -0.25) is 0 Å². The molecule has 20 heavy (non-hydrogen) atoms. The van der Waals surface area contributed by atoms with Crippen LogP contribution < -0.4 is 14.8 Å². The molecule has 1 aromatic rings. The van der Waals surface area contributed by atoms with Gasteiger partial charge in [0.25, 0.3) is 0 Å². The van der Waals surface area contributed by atoms with Crippen LogP contribution in [-0.2, 0) is 0 Å². The van der Waals surface area contributed by atoms with Gasteiger partial charge in [0.15, 0.2) is 11.5 Å². The Kier molecular flexibility index (Phi) is 3.80. The van der Waals surface area contributed by atoms with Crippen LogP contribution >= 0.6 is 12.4 Å². The van der Waals surface area contributed by atoms with E-state index in [0.717, 1.165) is 30.9 Å². The Morgan fingerprint density at radius 3 is 2.90 bits per heavy atom. The Morgan fingerprint density at radius 1 is 1.15 bits per heavy atom. The lowest BCUT2D eigenvalue weighted by Gasteiger charge is -2.33. The Morgan fingerprint density at radius 2 is 2.00 bits per heavy atom. The van der Waals surface area contributed by atoms with Gasteiger partial charge in [0.1, 0.15) is 0 Å². The van der Waals surface area contributed by atoms with E-state index in [1.165, 1.54) is 12.0 Å². The van der Waals surface area contributed by atoms with E-state index in [0.29, 0.717) is 24.7 Å².